The highest BCUT2D eigenvalue weighted by molar-refractivity contribution is 5.99. The SMILES string of the molecule is O=C1NCN([C@@H]2O[C@H](CO)[C@H](O)[C@@H]2O)c2nc(N3CCCCC3)[nH]c21. The Morgan fingerprint density at radius 2 is 1.96 bits per heavy atom. The predicted octanol–water partition coefficient (Wildman–Crippen LogP) is -1.65. The van der Waals surface area contributed by atoms with E-state index >= 15 is 0 Å². The summed E-state index contributed by atoms with van der Waals surface area (Å²) in [5.41, 5.74) is 0.310. The molecule has 0 aliphatic carbocycles. The van der Waals surface area contributed by atoms with E-state index in [0.29, 0.717) is 17.5 Å². The molecule has 0 saturated carbocycles. The third kappa shape index (κ3) is 2.74. The number of hydrogen-bond donors (Lipinski definition) is 5. The highest BCUT2D eigenvalue weighted by atomic mass is 16.6. The Morgan fingerprint density at radius 3 is 2.64 bits per heavy atom. The number of imidazole rings is 1. The Labute approximate surface area is 144 Å². The molecular formula is C15H23N5O5. The molecule has 4 rings (SSSR count). The van der Waals surface area contributed by atoms with Crippen molar-refractivity contribution in [1.82, 2.24) is 15.3 Å². The lowest BCUT2D eigenvalue weighted by Gasteiger charge is -2.33. The number of aliphatic hydroxyl groups excluding tert-OH is 3. The van der Waals surface area contributed by atoms with Crippen molar-refractivity contribution in [2.24, 2.45) is 0 Å². The van der Waals surface area contributed by atoms with Gasteiger partial charge in [0.05, 0.1) is 13.3 Å². The van der Waals surface area contributed by atoms with Crippen LogP contribution >= 0.6 is 0 Å². The minimum Gasteiger partial charge on any atom is -0.394 e. The molecule has 138 valence electrons. The Balaban J connectivity index is 1.63. The number of ether oxygens (including phenoxy) is 1. The van der Waals surface area contributed by atoms with Crippen molar-refractivity contribution in [3.05, 3.63) is 5.69 Å². The minimum absolute atomic E-state index is 0.0999. The van der Waals surface area contributed by atoms with Gasteiger partial charge >= 0.3 is 0 Å². The predicted molar refractivity (Wildman–Crippen MR) is 87.2 cm³/mol. The summed E-state index contributed by atoms with van der Waals surface area (Å²) in [5, 5.41) is 32.2. The van der Waals surface area contributed by atoms with Gasteiger partial charge in [-0.05, 0) is 19.3 Å². The van der Waals surface area contributed by atoms with Crippen molar-refractivity contribution in [3.8, 4) is 0 Å². The van der Waals surface area contributed by atoms with E-state index in [2.05, 4.69) is 20.2 Å². The van der Waals surface area contributed by atoms with E-state index in [1.165, 1.54) is 6.42 Å². The number of hydrogen-bond acceptors (Lipinski definition) is 8. The van der Waals surface area contributed by atoms with Gasteiger partial charge in [0, 0.05) is 13.1 Å². The number of fused-ring (bicyclic) bond motifs is 1. The summed E-state index contributed by atoms with van der Waals surface area (Å²) < 4.78 is 5.58. The van der Waals surface area contributed by atoms with Gasteiger partial charge in [0.2, 0.25) is 5.95 Å². The highest BCUT2D eigenvalue weighted by Gasteiger charge is 2.47. The summed E-state index contributed by atoms with van der Waals surface area (Å²) in [6, 6.07) is 0. The van der Waals surface area contributed by atoms with E-state index < -0.39 is 31.1 Å². The third-order valence-corrected chi connectivity index (χ3v) is 5.06. The Hall–Kier alpha value is -1.88. The van der Waals surface area contributed by atoms with E-state index in [4.69, 9.17) is 4.74 Å². The molecule has 3 aliphatic heterocycles. The molecule has 10 nitrogen and oxygen atoms in total. The summed E-state index contributed by atoms with van der Waals surface area (Å²) in [6.45, 7) is 1.45. The van der Waals surface area contributed by atoms with Crippen molar-refractivity contribution >= 4 is 17.7 Å². The maximum atomic E-state index is 12.2. The molecule has 4 atom stereocenters. The maximum Gasteiger partial charge on any atom is 0.273 e. The van der Waals surface area contributed by atoms with Crippen LogP contribution < -0.4 is 15.1 Å². The summed E-state index contributed by atoms with van der Waals surface area (Å²) in [5.74, 6) is 0.742. The zero-order valence-corrected chi connectivity index (χ0v) is 13.8. The molecule has 5 N–H and O–H groups in total. The van der Waals surface area contributed by atoms with Gasteiger partial charge in [-0.1, -0.05) is 0 Å². The van der Waals surface area contributed by atoms with Crippen LogP contribution in [0.4, 0.5) is 11.8 Å². The monoisotopic (exact) mass is 353 g/mol. The second-order valence-electron chi connectivity index (χ2n) is 6.67. The zero-order valence-electron chi connectivity index (χ0n) is 13.8. The van der Waals surface area contributed by atoms with Gasteiger partial charge in [-0.25, -0.2) is 0 Å². The van der Waals surface area contributed by atoms with Crippen molar-refractivity contribution < 1.29 is 24.9 Å². The first kappa shape index (κ1) is 16.6. The number of rotatable bonds is 3. The second-order valence-corrected chi connectivity index (χ2v) is 6.67. The molecular weight excluding hydrogens is 330 g/mol. The third-order valence-electron chi connectivity index (χ3n) is 5.06. The molecule has 2 fully saturated rings. The molecule has 0 unspecified atom stereocenters. The van der Waals surface area contributed by atoms with Crippen LogP contribution in [0.2, 0.25) is 0 Å². The smallest absolute Gasteiger partial charge is 0.273 e. The van der Waals surface area contributed by atoms with Crippen LogP contribution in [0.15, 0.2) is 0 Å². The molecule has 0 bridgehead atoms. The van der Waals surface area contributed by atoms with Crippen LogP contribution in [0.3, 0.4) is 0 Å². The van der Waals surface area contributed by atoms with Crippen molar-refractivity contribution in [2.45, 2.75) is 43.8 Å². The van der Waals surface area contributed by atoms with Crippen LogP contribution in [0.1, 0.15) is 29.8 Å². The number of aliphatic hydroxyl groups is 3. The number of aromatic nitrogens is 2. The lowest BCUT2D eigenvalue weighted by molar-refractivity contribution is -0.0232. The fourth-order valence-corrected chi connectivity index (χ4v) is 3.64. The number of amides is 1. The highest BCUT2D eigenvalue weighted by Crippen LogP contribution is 2.32. The van der Waals surface area contributed by atoms with Crippen LogP contribution in [0, 0.1) is 0 Å². The van der Waals surface area contributed by atoms with Crippen LogP contribution in [0.5, 0.6) is 0 Å². The van der Waals surface area contributed by atoms with Crippen molar-refractivity contribution in [1.29, 1.82) is 0 Å². The molecule has 0 aromatic carbocycles. The fraction of sp³-hybridized carbons (Fsp3) is 0.733. The van der Waals surface area contributed by atoms with Gasteiger partial charge in [-0.15, -0.1) is 0 Å². The molecule has 10 heteroatoms. The van der Waals surface area contributed by atoms with Gasteiger partial charge in [-0.2, -0.15) is 4.98 Å². The van der Waals surface area contributed by atoms with Crippen LogP contribution in [-0.4, -0.2) is 82.1 Å². The molecule has 4 heterocycles. The lowest BCUT2D eigenvalue weighted by Crippen LogP contribution is -2.52. The maximum absolute atomic E-state index is 12.2. The van der Waals surface area contributed by atoms with E-state index in [1.54, 1.807) is 4.90 Å². The molecule has 1 aromatic heterocycles. The Kier molecular flexibility index (Phi) is 4.28. The molecule has 0 radical (unpaired) electrons. The van der Waals surface area contributed by atoms with Gasteiger partial charge in [0.15, 0.2) is 17.7 Å². The lowest BCUT2D eigenvalue weighted by atomic mass is 10.1. The molecule has 2 saturated heterocycles. The number of nitrogens with zero attached hydrogens (tertiary/aromatic N) is 3. The summed E-state index contributed by atoms with van der Waals surface area (Å²) in [4.78, 5) is 23.5. The molecule has 1 aromatic rings. The van der Waals surface area contributed by atoms with Crippen molar-refractivity contribution in [3.63, 3.8) is 0 Å². The quantitative estimate of drug-likeness (QED) is 0.436. The van der Waals surface area contributed by atoms with Gasteiger partial charge in [0.25, 0.3) is 5.91 Å². The fourth-order valence-electron chi connectivity index (χ4n) is 3.64. The second kappa shape index (κ2) is 6.45. The summed E-state index contributed by atoms with van der Waals surface area (Å²) in [7, 11) is 0. The molecule has 3 aliphatic rings. The number of nitrogens with one attached hydrogen (secondary N) is 2. The average molecular weight is 353 g/mol. The molecule has 0 spiro atoms. The van der Waals surface area contributed by atoms with E-state index in [-0.39, 0.29) is 12.6 Å². The first-order valence-corrected chi connectivity index (χ1v) is 8.62. The Morgan fingerprint density at radius 1 is 1.20 bits per heavy atom. The van der Waals surface area contributed by atoms with Gasteiger partial charge in [-0.3, -0.25) is 4.79 Å². The van der Waals surface area contributed by atoms with Crippen LogP contribution in [0.25, 0.3) is 0 Å². The minimum atomic E-state index is -1.21. The first-order valence-electron chi connectivity index (χ1n) is 8.62. The van der Waals surface area contributed by atoms with Gasteiger partial charge in [0.1, 0.15) is 18.3 Å². The van der Waals surface area contributed by atoms with E-state index in [0.717, 1.165) is 25.9 Å². The standard InChI is InChI=1S/C15H23N5O5/c21-6-8-10(22)11(23)14(25-8)20-7-16-13(24)9-12(20)18-15(17-9)19-4-2-1-3-5-19/h8,10-11,14,21-23H,1-7H2,(H,16,24)(H,17,18)/t8-,10+,11+,14-/m1/s1. The average Bonchev–Trinajstić information content (AvgIpc) is 3.20. The number of piperidine rings is 1. The van der Waals surface area contributed by atoms with Gasteiger partial charge < -0.3 is 40.2 Å². The summed E-state index contributed by atoms with van der Waals surface area (Å²) in [6.07, 6.45) is -0.838. The normalized spacial score (nSPS) is 32.7. The number of carbonyl (C=O) groups excluding carboxylic acids is 1. The largest absolute Gasteiger partial charge is 0.394 e. The molecule has 25 heavy (non-hydrogen) atoms. The number of aromatic amines is 1. The molecule has 1 amide bonds. The van der Waals surface area contributed by atoms with E-state index in [9.17, 15) is 20.1 Å². The van der Waals surface area contributed by atoms with E-state index in [1.807, 2.05) is 0 Å². The van der Waals surface area contributed by atoms with Crippen LogP contribution in [-0.2, 0) is 4.74 Å². The zero-order chi connectivity index (χ0) is 17.6. The first-order chi connectivity index (χ1) is 12.1. The number of anilines is 2. The number of carbonyl (C=O) groups is 1. The number of H-pyrrole nitrogens is 1. The van der Waals surface area contributed by atoms with Crippen molar-refractivity contribution in [2.75, 3.05) is 36.2 Å². The topological polar surface area (TPSA) is 134 Å². The summed E-state index contributed by atoms with van der Waals surface area (Å²) >= 11 is 0. The Bertz CT molecular complexity index is 646.